The van der Waals surface area contributed by atoms with Crippen molar-refractivity contribution in [1.29, 1.82) is 0 Å². The first-order valence-electron chi connectivity index (χ1n) is 14.2. The minimum absolute atomic E-state index is 0.181. The summed E-state index contributed by atoms with van der Waals surface area (Å²) in [6.45, 7) is 0. The second kappa shape index (κ2) is 13.7. The zero-order valence-electron chi connectivity index (χ0n) is 23.6. The lowest BCUT2D eigenvalue weighted by molar-refractivity contribution is -0.125. The van der Waals surface area contributed by atoms with Crippen LogP contribution in [-0.4, -0.2) is 23.6 Å². The predicted octanol–water partition coefficient (Wildman–Crippen LogP) is 6.85. The molecule has 0 unspecified atom stereocenters. The van der Waals surface area contributed by atoms with Gasteiger partial charge in [0.2, 0.25) is 11.8 Å². The lowest BCUT2D eigenvalue weighted by Gasteiger charge is -2.27. The van der Waals surface area contributed by atoms with E-state index in [0.29, 0.717) is 59.6 Å². The molecule has 0 saturated heterocycles. The maximum absolute atomic E-state index is 13.1. The van der Waals surface area contributed by atoms with E-state index >= 15 is 0 Å². The molecule has 1 fully saturated rings. The molecular weight excluding hydrogens is 566 g/mol. The van der Waals surface area contributed by atoms with E-state index in [0.717, 1.165) is 0 Å². The molecule has 0 aliphatic heterocycles. The highest BCUT2D eigenvalue weighted by molar-refractivity contribution is 6.06. The molecule has 5 rings (SSSR count). The van der Waals surface area contributed by atoms with E-state index in [4.69, 9.17) is 0 Å². The maximum Gasteiger partial charge on any atom is 0.255 e. The van der Waals surface area contributed by atoms with Crippen LogP contribution in [0.3, 0.4) is 0 Å². The summed E-state index contributed by atoms with van der Waals surface area (Å²) in [7, 11) is 0. The fourth-order valence-corrected chi connectivity index (χ4v) is 5.06. The molecule has 8 nitrogen and oxygen atoms in total. The van der Waals surface area contributed by atoms with Gasteiger partial charge in [-0.25, -0.2) is 8.78 Å². The normalized spacial score (nSPS) is 16.0. The van der Waals surface area contributed by atoms with Gasteiger partial charge < -0.3 is 21.3 Å². The van der Waals surface area contributed by atoms with Gasteiger partial charge in [-0.15, -0.1) is 0 Å². The molecule has 0 radical (unpaired) electrons. The standard InChI is InChI=1S/C34H30F2N4O4/c35-25-11-15-27(16-12-25)37-33(43)23-3-1-5-29(19-23)39-31(41)21-7-9-22(10-8-21)32(42)40-30-6-2-4-24(20-30)34(44)38-28-17-13-26(36)14-18-28/h1-6,11-22H,7-10H2,(H,37,43)(H,38,44)(H,39,41)(H,40,42). The van der Waals surface area contributed by atoms with Crippen LogP contribution >= 0.6 is 0 Å². The maximum atomic E-state index is 13.1. The lowest BCUT2D eigenvalue weighted by atomic mass is 9.81. The van der Waals surface area contributed by atoms with Gasteiger partial charge in [0.15, 0.2) is 0 Å². The van der Waals surface area contributed by atoms with Crippen LogP contribution in [0.5, 0.6) is 0 Å². The molecule has 4 N–H and O–H groups in total. The van der Waals surface area contributed by atoms with Gasteiger partial charge in [-0.3, -0.25) is 19.2 Å². The van der Waals surface area contributed by atoms with Crippen molar-refractivity contribution in [3.05, 3.63) is 120 Å². The highest BCUT2D eigenvalue weighted by Crippen LogP contribution is 2.31. The minimum atomic E-state index is -0.404. The number of carbonyl (C=O) groups is 4. The number of anilines is 4. The fourth-order valence-electron chi connectivity index (χ4n) is 5.06. The van der Waals surface area contributed by atoms with Crippen LogP contribution < -0.4 is 21.3 Å². The fraction of sp³-hybridized carbons (Fsp3) is 0.176. The van der Waals surface area contributed by atoms with Crippen molar-refractivity contribution in [3.8, 4) is 0 Å². The Kier molecular flexibility index (Phi) is 9.39. The molecule has 224 valence electrons. The second-order valence-corrected chi connectivity index (χ2v) is 10.6. The van der Waals surface area contributed by atoms with Crippen LogP contribution in [0.2, 0.25) is 0 Å². The molecule has 0 heterocycles. The molecule has 0 bridgehead atoms. The number of benzene rings is 4. The Morgan fingerprint density at radius 2 is 0.841 bits per heavy atom. The Hall–Kier alpha value is -5.38. The Balaban J connectivity index is 1.10. The van der Waals surface area contributed by atoms with E-state index < -0.39 is 23.4 Å². The number of halogens is 2. The Labute approximate surface area is 252 Å². The number of carbonyl (C=O) groups excluding carboxylic acids is 4. The third kappa shape index (κ3) is 7.91. The average molecular weight is 597 g/mol. The summed E-state index contributed by atoms with van der Waals surface area (Å²) < 4.78 is 26.3. The van der Waals surface area contributed by atoms with Crippen LogP contribution in [0.1, 0.15) is 46.4 Å². The molecule has 4 aromatic carbocycles. The molecule has 1 aliphatic carbocycles. The Morgan fingerprint density at radius 3 is 1.20 bits per heavy atom. The van der Waals surface area contributed by atoms with Crippen LogP contribution in [0.15, 0.2) is 97.1 Å². The van der Waals surface area contributed by atoms with Crippen molar-refractivity contribution in [1.82, 2.24) is 0 Å². The number of hydrogen-bond acceptors (Lipinski definition) is 4. The highest BCUT2D eigenvalue weighted by Gasteiger charge is 2.30. The number of amides is 4. The summed E-state index contributed by atoms with van der Waals surface area (Å²) in [5.41, 5.74) is 2.53. The predicted molar refractivity (Wildman–Crippen MR) is 164 cm³/mol. The first-order valence-corrected chi connectivity index (χ1v) is 14.2. The summed E-state index contributed by atoms with van der Waals surface area (Å²) in [4.78, 5) is 51.2. The molecule has 0 atom stereocenters. The van der Waals surface area contributed by atoms with E-state index in [-0.39, 0.29) is 23.7 Å². The van der Waals surface area contributed by atoms with E-state index in [1.165, 1.54) is 48.5 Å². The summed E-state index contributed by atoms with van der Waals surface area (Å²) in [5.74, 6) is -2.52. The van der Waals surface area contributed by atoms with Crippen LogP contribution in [0.4, 0.5) is 31.5 Å². The number of rotatable bonds is 8. The van der Waals surface area contributed by atoms with Crippen molar-refractivity contribution >= 4 is 46.4 Å². The average Bonchev–Trinajstić information content (AvgIpc) is 3.03. The quantitative estimate of drug-likeness (QED) is 0.178. The van der Waals surface area contributed by atoms with Gasteiger partial charge in [-0.1, -0.05) is 12.1 Å². The van der Waals surface area contributed by atoms with Crippen molar-refractivity contribution in [2.45, 2.75) is 25.7 Å². The van der Waals surface area contributed by atoms with Crippen LogP contribution in [0.25, 0.3) is 0 Å². The van der Waals surface area contributed by atoms with Gasteiger partial charge in [0.25, 0.3) is 11.8 Å². The summed E-state index contributed by atoms with van der Waals surface area (Å²) in [5, 5.41) is 11.1. The first kappa shape index (κ1) is 30.1. The van der Waals surface area contributed by atoms with Gasteiger partial charge in [0.1, 0.15) is 11.6 Å². The zero-order chi connectivity index (χ0) is 31.1. The molecule has 10 heteroatoms. The number of hydrogen-bond donors (Lipinski definition) is 4. The van der Waals surface area contributed by atoms with Gasteiger partial charge >= 0.3 is 0 Å². The third-order valence-electron chi connectivity index (χ3n) is 7.46. The van der Waals surface area contributed by atoms with Gasteiger partial charge in [0, 0.05) is 45.7 Å². The minimum Gasteiger partial charge on any atom is -0.326 e. The molecule has 1 saturated carbocycles. The zero-order valence-corrected chi connectivity index (χ0v) is 23.6. The molecule has 44 heavy (non-hydrogen) atoms. The SMILES string of the molecule is O=C(Nc1ccc(F)cc1)c1cccc(NC(=O)C2CCC(C(=O)Nc3cccc(C(=O)Nc4ccc(F)cc4)c3)CC2)c1. The van der Waals surface area contributed by atoms with Gasteiger partial charge in [0.05, 0.1) is 0 Å². The largest absolute Gasteiger partial charge is 0.326 e. The molecular formula is C34H30F2N4O4. The smallest absolute Gasteiger partial charge is 0.255 e. The van der Waals surface area contributed by atoms with Crippen molar-refractivity contribution < 1.29 is 28.0 Å². The highest BCUT2D eigenvalue weighted by atomic mass is 19.1. The Morgan fingerprint density at radius 1 is 0.477 bits per heavy atom. The van der Waals surface area contributed by atoms with Crippen molar-refractivity contribution in [2.75, 3.05) is 21.3 Å². The molecule has 4 amide bonds. The van der Waals surface area contributed by atoms with E-state index in [9.17, 15) is 28.0 Å². The van der Waals surface area contributed by atoms with E-state index in [2.05, 4.69) is 21.3 Å². The Bertz CT molecular complexity index is 1540. The molecule has 4 aromatic rings. The molecule has 0 spiro atoms. The van der Waals surface area contributed by atoms with Crippen LogP contribution in [0, 0.1) is 23.5 Å². The van der Waals surface area contributed by atoms with Crippen molar-refractivity contribution in [3.63, 3.8) is 0 Å². The third-order valence-corrected chi connectivity index (χ3v) is 7.46. The summed E-state index contributed by atoms with van der Waals surface area (Å²) in [6.07, 6.45) is 2.09. The monoisotopic (exact) mass is 596 g/mol. The lowest BCUT2D eigenvalue weighted by Crippen LogP contribution is -2.32. The van der Waals surface area contributed by atoms with E-state index in [1.54, 1.807) is 48.5 Å². The topological polar surface area (TPSA) is 116 Å². The first-order chi connectivity index (χ1) is 21.2. The number of nitrogens with one attached hydrogen (secondary N) is 4. The van der Waals surface area contributed by atoms with Crippen molar-refractivity contribution in [2.24, 2.45) is 11.8 Å². The van der Waals surface area contributed by atoms with E-state index in [1.807, 2.05) is 0 Å². The molecule has 1 aliphatic rings. The molecule has 0 aromatic heterocycles. The second-order valence-electron chi connectivity index (χ2n) is 10.6. The van der Waals surface area contributed by atoms with Gasteiger partial charge in [-0.05, 0) is 111 Å². The summed E-state index contributed by atoms with van der Waals surface area (Å²) >= 11 is 0. The summed E-state index contributed by atoms with van der Waals surface area (Å²) in [6, 6.07) is 24.0. The van der Waals surface area contributed by atoms with Crippen LogP contribution in [-0.2, 0) is 9.59 Å². The van der Waals surface area contributed by atoms with Gasteiger partial charge in [-0.2, -0.15) is 0 Å².